The number of piperazine rings is 1. The number of nitrogens with zero attached hydrogens (tertiary/aromatic N) is 1. The summed E-state index contributed by atoms with van der Waals surface area (Å²) < 4.78 is 1.31. The molecule has 0 spiro atoms. The lowest BCUT2D eigenvalue weighted by Crippen LogP contribution is -2.56. The minimum absolute atomic E-state index is 0.512. The summed E-state index contributed by atoms with van der Waals surface area (Å²) in [5.41, 5.74) is 1.44. The second-order valence-corrected chi connectivity index (χ2v) is 6.75. The third-order valence-corrected chi connectivity index (χ3v) is 5.08. The maximum absolute atomic E-state index is 3.67. The zero-order valence-electron chi connectivity index (χ0n) is 12.2. The Kier molecular flexibility index (Phi) is 5.66. The number of rotatable bonds is 4. The topological polar surface area (TPSA) is 15.3 Å². The van der Waals surface area contributed by atoms with Crippen molar-refractivity contribution in [2.24, 2.45) is 0 Å². The molecule has 3 heteroatoms. The average molecular weight is 372 g/mol. The Morgan fingerprint density at radius 2 is 1.95 bits per heavy atom. The molecule has 3 unspecified atom stereocenters. The summed E-state index contributed by atoms with van der Waals surface area (Å²) in [5, 5.41) is 3.67. The van der Waals surface area contributed by atoms with Gasteiger partial charge in [-0.3, -0.25) is 4.90 Å². The van der Waals surface area contributed by atoms with E-state index in [2.05, 4.69) is 77.8 Å². The van der Waals surface area contributed by atoms with Crippen molar-refractivity contribution in [3.8, 4) is 0 Å². The summed E-state index contributed by atoms with van der Waals surface area (Å²) in [6, 6.07) is 10.8. The van der Waals surface area contributed by atoms with Gasteiger partial charge in [0.15, 0.2) is 0 Å². The van der Waals surface area contributed by atoms with E-state index in [1.165, 1.54) is 28.5 Å². The number of nitrogens with one attached hydrogen (secondary N) is 1. The van der Waals surface area contributed by atoms with Crippen LogP contribution in [-0.2, 0) is 0 Å². The highest BCUT2D eigenvalue weighted by Crippen LogP contribution is 2.26. The smallest absolute Gasteiger partial charge is 0.0324 e. The molecule has 0 saturated carbocycles. The van der Waals surface area contributed by atoms with Crippen LogP contribution in [0.5, 0.6) is 0 Å². The van der Waals surface area contributed by atoms with Crippen LogP contribution in [0.2, 0.25) is 0 Å². The third-order valence-electron chi connectivity index (χ3n) is 4.36. The molecule has 1 aliphatic heterocycles. The van der Waals surface area contributed by atoms with Crippen LogP contribution in [0.4, 0.5) is 0 Å². The van der Waals surface area contributed by atoms with E-state index in [4.69, 9.17) is 0 Å². The fourth-order valence-electron chi connectivity index (χ4n) is 2.95. The van der Waals surface area contributed by atoms with Gasteiger partial charge in [-0.2, -0.15) is 0 Å². The highest BCUT2D eigenvalue weighted by Gasteiger charge is 2.29. The molecule has 3 atom stereocenters. The second-order valence-electron chi connectivity index (χ2n) is 5.50. The van der Waals surface area contributed by atoms with Gasteiger partial charge in [0, 0.05) is 34.8 Å². The van der Waals surface area contributed by atoms with Crippen LogP contribution in [0.15, 0.2) is 24.3 Å². The monoisotopic (exact) mass is 372 g/mol. The van der Waals surface area contributed by atoms with E-state index in [9.17, 15) is 0 Å². The van der Waals surface area contributed by atoms with Crippen LogP contribution in [-0.4, -0.2) is 30.1 Å². The minimum Gasteiger partial charge on any atom is -0.311 e. The van der Waals surface area contributed by atoms with Crippen molar-refractivity contribution in [1.82, 2.24) is 10.2 Å². The molecular formula is C16H25IN2. The van der Waals surface area contributed by atoms with Crippen molar-refractivity contribution in [1.29, 1.82) is 0 Å². The Labute approximate surface area is 131 Å². The molecule has 1 heterocycles. The summed E-state index contributed by atoms with van der Waals surface area (Å²) >= 11 is 2.37. The van der Waals surface area contributed by atoms with Gasteiger partial charge in [0.2, 0.25) is 0 Å². The van der Waals surface area contributed by atoms with Crippen LogP contribution < -0.4 is 5.32 Å². The highest BCUT2D eigenvalue weighted by molar-refractivity contribution is 14.1. The predicted molar refractivity (Wildman–Crippen MR) is 90.4 cm³/mol. The Bertz CT molecular complexity index is 390. The number of hydrogen-bond donors (Lipinski definition) is 1. The molecule has 19 heavy (non-hydrogen) atoms. The van der Waals surface area contributed by atoms with Gasteiger partial charge in [0.1, 0.15) is 0 Å². The molecule has 1 saturated heterocycles. The van der Waals surface area contributed by atoms with Gasteiger partial charge in [-0.1, -0.05) is 26.0 Å². The Morgan fingerprint density at radius 3 is 2.53 bits per heavy atom. The number of benzene rings is 1. The van der Waals surface area contributed by atoms with E-state index < -0.39 is 0 Å². The lowest BCUT2D eigenvalue weighted by molar-refractivity contribution is 0.0850. The SMILES string of the molecule is CCC1CN(C(C)c2ccc(I)cc2)C(CC)CN1. The Hall–Kier alpha value is -0.130. The minimum atomic E-state index is 0.512. The molecule has 0 bridgehead atoms. The zero-order chi connectivity index (χ0) is 13.8. The normalized spacial score (nSPS) is 26.3. The summed E-state index contributed by atoms with van der Waals surface area (Å²) in [6.07, 6.45) is 2.44. The predicted octanol–water partition coefficient (Wildman–Crippen LogP) is 3.81. The van der Waals surface area contributed by atoms with Crippen LogP contribution in [0.3, 0.4) is 0 Å². The van der Waals surface area contributed by atoms with Crippen molar-refractivity contribution in [3.05, 3.63) is 33.4 Å². The molecule has 0 aliphatic carbocycles. The van der Waals surface area contributed by atoms with E-state index in [1.807, 2.05) is 0 Å². The summed E-state index contributed by atoms with van der Waals surface area (Å²) in [4.78, 5) is 2.69. The maximum Gasteiger partial charge on any atom is 0.0324 e. The summed E-state index contributed by atoms with van der Waals surface area (Å²) in [7, 11) is 0. The zero-order valence-corrected chi connectivity index (χ0v) is 14.4. The van der Waals surface area contributed by atoms with Gasteiger partial charge < -0.3 is 5.32 Å². The summed E-state index contributed by atoms with van der Waals surface area (Å²) in [5.74, 6) is 0. The van der Waals surface area contributed by atoms with Crippen molar-refractivity contribution >= 4 is 22.6 Å². The molecule has 2 rings (SSSR count). The second kappa shape index (κ2) is 7.04. The largest absolute Gasteiger partial charge is 0.311 e. The van der Waals surface area contributed by atoms with Crippen LogP contribution >= 0.6 is 22.6 Å². The van der Waals surface area contributed by atoms with Gasteiger partial charge in [0.25, 0.3) is 0 Å². The molecule has 0 amide bonds. The van der Waals surface area contributed by atoms with Crippen LogP contribution in [0.25, 0.3) is 0 Å². The number of hydrogen-bond acceptors (Lipinski definition) is 2. The van der Waals surface area contributed by atoms with Gasteiger partial charge in [-0.15, -0.1) is 0 Å². The van der Waals surface area contributed by atoms with E-state index in [1.54, 1.807) is 0 Å². The molecule has 0 aromatic heterocycles. The lowest BCUT2D eigenvalue weighted by atomic mass is 9.99. The van der Waals surface area contributed by atoms with Crippen molar-refractivity contribution < 1.29 is 0 Å². The Balaban J connectivity index is 2.14. The molecule has 1 N–H and O–H groups in total. The van der Waals surface area contributed by atoms with E-state index >= 15 is 0 Å². The molecule has 1 aliphatic rings. The average Bonchev–Trinajstić information content (AvgIpc) is 2.46. The molecule has 106 valence electrons. The van der Waals surface area contributed by atoms with E-state index in [0.717, 1.165) is 6.54 Å². The van der Waals surface area contributed by atoms with Gasteiger partial charge in [0.05, 0.1) is 0 Å². The molecular weight excluding hydrogens is 347 g/mol. The van der Waals surface area contributed by atoms with Crippen LogP contribution in [0, 0.1) is 3.57 Å². The van der Waals surface area contributed by atoms with E-state index in [0.29, 0.717) is 18.1 Å². The standard InChI is InChI=1S/C16H25IN2/c1-4-15-11-19(16(5-2)10-18-15)12(3)13-6-8-14(17)9-7-13/h6-9,12,15-16,18H,4-5,10-11H2,1-3H3. The Morgan fingerprint density at radius 1 is 1.26 bits per heavy atom. The first-order valence-electron chi connectivity index (χ1n) is 7.40. The summed E-state index contributed by atoms with van der Waals surface area (Å²) in [6.45, 7) is 9.22. The third kappa shape index (κ3) is 3.70. The fraction of sp³-hybridized carbons (Fsp3) is 0.625. The first-order chi connectivity index (χ1) is 9.15. The first-order valence-corrected chi connectivity index (χ1v) is 8.48. The molecule has 1 aromatic carbocycles. The fourth-order valence-corrected chi connectivity index (χ4v) is 3.31. The molecule has 0 radical (unpaired) electrons. The molecule has 1 fully saturated rings. The van der Waals surface area contributed by atoms with Gasteiger partial charge in [-0.25, -0.2) is 0 Å². The van der Waals surface area contributed by atoms with Crippen LogP contribution in [0.1, 0.15) is 45.2 Å². The lowest BCUT2D eigenvalue weighted by Gasteiger charge is -2.43. The molecule has 2 nitrogen and oxygen atoms in total. The van der Waals surface area contributed by atoms with Gasteiger partial charge in [-0.05, 0) is 60.1 Å². The van der Waals surface area contributed by atoms with E-state index in [-0.39, 0.29) is 0 Å². The highest BCUT2D eigenvalue weighted by atomic mass is 127. The maximum atomic E-state index is 3.67. The molecule has 1 aromatic rings. The number of halogens is 1. The van der Waals surface area contributed by atoms with Crippen molar-refractivity contribution in [3.63, 3.8) is 0 Å². The van der Waals surface area contributed by atoms with Crippen molar-refractivity contribution in [2.75, 3.05) is 13.1 Å². The first kappa shape index (κ1) is 15.3. The quantitative estimate of drug-likeness (QED) is 0.809. The van der Waals surface area contributed by atoms with Crippen molar-refractivity contribution in [2.45, 2.75) is 51.7 Å². The van der Waals surface area contributed by atoms with Gasteiger partial charge >= 0.3 is 0 Å².